The van der Waals surface area contributed by atoms with Gasteiger partial charge in [0.25, 0.3) is 0 Å². The van der Waals surface area contributed by atoms with E-state index >= 15 is 0 Å². The molecule has 0 saturated heterocycles. The van der Waals surface area contributed by atoms with Crippen molar-refractivity contribution in [1.82, 2.24) is 10.2 Å². The minimum Gasteiger partial charge on any atom is -0.345 e. The summed E-state index contributed by atoms with van der Waals surface area (Å²) in [6.45, 7) is 5.94. The second-order valence-corrected chi connectivity index (χ2v) is 4.00. The van der Waals surface area contributed by atoms with Gasteiger partial charge < -0.3 is 10.2 Å². The molecule has 0 bridgehead atoms. The lowest BCUT2D eigenvalue weighted by molar-refractivity contribution is -0.128. The van der Waals surface area contributed by atoms with E-state index in [2.05, 4.69) is 30.4 Å². The van der Waals surface area contributed by atoms with E-state index in [0.29, 0.717) is 6.54 Å². The molecule has 0 unspecified atom stereocenters. The molecule has 0 aliphatic carbocycles. The number of amides is 1. The van der Waals surface area contributed by atoms with E-state index in [-0.39, 0.29) is 5.91 Å². The molecule has 0 aromatic heterocycles. The Balaban J connectivity index is 2.33. The van der Waals surface area contributed by atoms with Gasteiger partial charge in [0.1, 0.15) is 0 Å². The fourth-order valence-electron chi connectivity index (χ4n) is 1.45. The quantitative estimate of drug-likeness (QED) is 0.817. The molecule has 1 amide bonds. The fraction of sp³-hybridized carbons (Fsp3) is 0.462. The highest BCUT2D eigenvalue weighted by molar-refractivity contribution is 5.77. The van der Waals surface area contributed by atoms with Crippen LogP contribution >= 0.6 is 0 Å². The number of benzene rings is 1. The predicted molar refractivity (Wildman–Crippen MR) is 66.2 cm³/mol. The van der Waals surface area contributed by atoms with Crippen molar-refractivity contribution in [3.05, 3.63) is 35.4 Å². The van der Waals surface area contributed by atoms with Crippen LogP contribution in [0.4, 0.5) is 0 Å². The summed E-state index contributed by atoms with van der Waals surface area (Å²) in [7, 11) is 1.82. The van der Waals surface area contributed by atoms with Crippen LogP contribution in [0.3, 0.4) is 0 Å². The van der Waals surface area contributed by atoms with Gasteiger partial charge in [0.05, 0.1) is 6.54 Å². The molecule has 0 atom stereocenters. The average molecular weight is 220 g/mol. The maximum absolute atomic E-state index is 11.5. The van der Waals surface area contributed by atoms with Crippen molar-refractivity contribution in [2.75, 3.05) is 20.1 Å². The lowest BCUT2D eigenvalue weighted by atomic mass is 10.1. The highest BCUT2D eigenvalue weighted by Gasteiger charge is 2.04. The number of carbonyl (C=O) groups excluding carboxylic acids is 1. The zero-order chi connectivity index (χ0) is 12.0. The summed E-state index contributed by atoms with van der Waals surface area (Å²) >= 11 is 0. The Hall–Kier alpha value is -1.35. The van der Waals surface area contributed by atoms with Gasteiger partial charge in [-0.2, -0.15) is 0 Å². The number of aryl methyl sites for hydroxylation is 1. The molecule has 3 heteroatoms. The Labute approximate surface area is 97.5 Å². The fourth-order valence-corrected chi connectivity index (χ4v) is 1.45. The second-order valence-electron chi connectivity index (χ2n) is 4.00. The first-order chi connectivity index (χ1) is 7.63. The molecule has 1 rings (SSSR count). The molecular weight excluding hydrogens is 200 g/mol. The van der Waals surface area contributed by atoms with Gasteiger partial charge in [-0.25, -0.2) is 0 Å². The van der Waals surface area contributed by atoms with Crippen molar-refractivity contribution >= 4 is 5.91 Å². The lowest BCUT2D eigenvalue weighted by Gasteiger charge is -2.14. The van der Waals surface area contributed by atoms with Crippen LogP contribution in [-0.2, 0) is 11.3 Å². The summed E-state index contributed by atoms with van der Waals surface area (Å²) in [5.74, 6) is 0.134. The van der Waals surface area contributed by atoms with E-state index in [1.807, 2.05) is 20.0 Å². The van der Waals surface area contributed by atoms with Gasteiger partial charge in [-0.3, -0.25) is 4.79 Å². The number of rotatable bonds is 5. The van der Waals surface area contributed by atoms with Crippen LogP contribution in [-0.4, -0.2) is 30.9 Å². The van der Waals surface area contributed by atoms with Crippen LogP contribution in [0.1, 0.15) is 18.1 Å². The van der Waals surface area contributed by atoms with Crippen LogP contribution < -0.4 is 5.32 Å². The Morgan fingerprint density at radius 3 is 2.81 bits per heavy atom. The third-order valence-corrected chi connectivity index (χ3v) is 2.59. The molecule has 0 aliphatic heterocycles. The van der Waals surface area contributed by atoms with E-state index in [9.17, 15) is 4.79 Å². The highest BCUT2D eigenvalue weighted by atomic mass is 16.2. The largest absolute Gasteiger partial charge is 0.345 e. The molecule has 1 N–H and O–H groups in total. The van der Waals surface area contributed by atoms with Crippen LogP contribution in [0, 0.1) is 6.92 Å². The number of hydrogen-bond donors (Lipinski definition) is 1. The van der Waals surface area contributed by atoms with E-state index in [1.165, 1.54) is 11.1 Å². The van der Waals surface area contributed by atoms with Crippen LogP contribution in [0.25, 0.3) is 0 Å². The summed E-state index contributed by atoms with van der Waals surface area (Å²) in [5.41, 5.74) is 2.46. The topological polar surface area (TPSA) is 32.3 Å². The Morgan fingerprint density at radius 2 is 2.19 bits per heavy atom. The monoisotopic (exact) mass is 220 g/mol. The number of hydrogen-bond acceptors (Lipinski definition) is 2. The molecule has 0 saturated carbocycles. The third-order valence-electron chi connectivity index (χ3n) is 2.59. The van der Waals surface area contributed by atoms with Gasteiger partial charge >= 0.3 is 0 Å². The van der Waals surface area contributed by atoms with Crippen molar-refractivity contribution in [2.24, 2.45) is 0 Å². The Kier molecular flexibility index (Phi) is 4.99. The van der Waals surface area contributed by atoms with Gasteiger partial charge in [0.2, 0.25) is 5.91 Å². The molecule has 0 aliphatic rings. The van der Waals surface area contributed by atoms with E-state index in [1.54, 1.807) is 4.90 Å². The maximum atomic E-state index is 11.5. The van der Waals surface area contributed by atoms with Gasteiger partial charge in [0.15, 0.2) is 0 Å². The molecule has 3 nitrogen and oxygen atoms in total. The highest BCUT2D eigenvalue weighted by Crippen LogP contribution is 2.02. The zero-order valence-electron chi connectivity index (χ0n) is 10.3. The first-order valence-electron chi connectivity index (χ1n) is 5.63. The lowest BCUT2D eigenvalue weighted by Crippen LogP contribution is -2.35. The minimum absolute atomic E-state index is 0.134. The Morgan fingerprint density at radius 1 is 1.44 bits per heavy atom. The number of nitrogens with zero attached hydrogens (tertiary/aromatic N) is 1. The van der Waals surface area contributed by atoms with Crippen molar-refractivity contribution in [2.45, 2.75) is 20.4 Å². The summed E-state index contributed by atoms with van der Waals surface area (Å²) < 4.78 is 0. The molecule has 88 valence electrons. The molecule has 1 aromatic rings. The maximum Gasteiger partial charge on any atom is 0.236 e. The summed E-state index contributed by atoms with van der Waals surface area (Å²) in [5, 5.41) is 3.15. The summed E-state index contributed by atoms with van der Waals surface area (Å²) in [6.07, 6.45) is 0. The normalized spacial score (nSPS) is 10.2. The van der Waals surface area contributed by atoms with Crippen LogP contribution in [0.2, 0.25) is 0 Å². The molecule has 0 radical (unpaired) electrons. The SMILES string of the molecule is CCN(C)C(=O)CNCc1cccc(C)c1. The van der Waals surface area contributed by atoms with E-state index in [4.69, 9.17) is 0 Å². The van der Waals surface area contributed by atoms with E-state index in [0.717, 1.165) is 13.1 Å². The van der Waals surface area contributed by atoms with Crippen molar-refractivity contribution < 1.29 is 4.79 Å². The second kappa shape index (κ2) is 6.28. The van der Waals surface area contributed by atoms with E-state index < -0.39 is 0 Å². The molecule has 0 spiro atoms. The Bertz CT molecular complexity index is 350. The van der Waals surface area contributed by atoms with Crippen molar-refractivity contribution in [3.8, 4) is 0 Å². The van der Waals surface area contributed by atoms with Gasteiger partial charge in [-0.05, 0) is 19.4 Å². The molecular formula is C13H20N2O. The standard InChI is InChI=1S/C13H20N2O/c1-4-15(3)13(16)10-14-9-12-7-5-6-11(2)8-12/h5-8,14H,4,9-10H2,1-3H3. The first-order valence-corrected chi connectivity index (χ1v) is 5.63. The smallest absolute Gasteiger partial charge is 0.236 e. The van der Waals surface area contributed by atoms with Gasteiger partial charge in [0, 0.05) is 20.1 Å². The number of likely N-dealkylation sites (N-methyl/N-ethyl adjacent to an activating group) is 1. The zero-order valence-corrected chi connectivity index (χ0v) is 10.3. The molecule has 0 fully saturated rings. The van der Waals surface area contributed by atoms with Crippen LogP contribution in [0.15, 0.2) is 24.3 Å². The van der Waals surface area contributed by atoms with Crippen molar-refractivity contribution in [3.63, 3.8) is 0 Å². The minimum atomic E-state index is 0.134. The number of carbonyl (C=O) groups is 1. The number of nitrogens with one attached hydrogen (secondary N) is 1. The van der Waals surface area contributed by atoms with Gasteiger partial charge in [-0.1, -0.05) is 29.8 Å². The molecule has 0 heterocycles. The third kappa shape index (κ3) is 4.03. The average Bonchev–Trinajstić information content (AvgIpc) is 2.28. The summed E-state index contributed by atoms with van der Waals surface area (Å²) in [6, 6.07) is 8.29. The van der Waals surface area contributed by atoms with Gasteiger partial charge in [-0.15, -0.1) is 0 Å². The molecule has 1 aromatic carbocycles. The van der Waals surface area contributed by atoms with Crippen molar-refractivity contribution in [1.29, 1.82) is 0 Å². The van der Waals surface area contributed by atoms with Crippen LogP contribution in [0.5, 0.6) is 0 Å². The predicted octanol–water partition coefficient (Wildman–Crippen LogP) is 1.56. The molecule has 16 heavy (non-hydrogen) atoms. The summed E-state index contributed by atoms with van der Waals surface area (Å²) in [4.78, 5) is 13.2. The first kappa shape index (κ1) is 12.7.